The third-order valence-electron chi connectivity index (χ3n) is 2.74. The molecule has 0 saturated heterocycles. The van der Waals surface area contributed by atoms with E-state index >= 15 is 0 Å². The number of nitrogens with zero attached hydrogens (tertiary/aromatic N) is 2. The van der Waals surface area contributed by atoms with Gasteiger partial charge >= 0.3 is 0 Å². The van der Waals surface area contributed by atoms with E-state index in [9.17, 15) is 0 Å². The molecule has 2 aromatic rings. The van der Waals surface area contributed by atoms with Crippen molar-refractivity contribution in [1.82, 2.24) is 9.97 Å². The van der Waals surface area contributed by atoms with Crippen molar-refractivity contribution in [2.45, 2.75) is 13.3 Å². The van der Waals surface area contributed by atoms with Crippen LogP contribution in [0.25, 0.3) is 0 Å². The van der Waals surface area contributed by atoms with E-state index < -0.39 is 0 Å². The number of hydrogen-bond acceptors (Lipinski definition) is 5. The Morgan fingerprint density at radius 2 is 1.95 bits per heavy atom. The highest BCUT2D eigenvalue weighted by atomic mass is 16.5. The zero-order chi connectivity index (χ0) is 13.7. The number of benzene rings is 1. The molecule has 0 atom stereocenters. The molecule has 0 saturated carbocycles. The van der Waals surface area contributed by atoms with Gasteiger partial charge in [-0.05, 0) is 31.0 Å². The Morgan fingerprint density at radius 3 is 2.58 bits per heavy atom. The number of nitrogens with two attached hydrogens (primary N) is 1. The van der Waals surface area contributed by atoms with Gasteiger partial charge in [-0.25, -0.2) is 9.97 Å². The monoisotopic (exact) mass is 258 g/mol. The van der Waals surface area contributed by atoms with Crippen LogP contribution in [0.15, 0.2) is 30.3 Å². The van der Waals surface area contributed by atoms with Crippen molar-refractivity contribution < 1.29 is 4.74 Å². The number of aryl methyl sites for hydroxylation is 1. The number of methoxy groups -OCH3 is 1. The van der Waals surface area contributed by atoms with E-state index in [0.29, 0.717) is 11.6 Å². The number of anilines is 2. The average Bonchev–Trinajstić information content (AvgIpc) is 2.38. The molecule has 0 aliphatic heterocycles. The second kappa shape index (κ2) is 6.04. The predicted octanol–water partition coefficient (Wildman–Crippen LogP) is 2.03. The molecule has 5 nitrogen and oxygen atoms in total. The SMILES string of the molecule is COc1ccc(CCNc2cc(N)nc(C)n2)cc1. The summed E-state index contributed by atoms with van der Waals surface area (Å²) in [5.41, 5.74) is 6.91. The number of rotatable bonds is 5. The zero-order valence-corrected chi connectivity index (χ0v) is 11.2. The van der Waals surface area contributed by atoms with Crippen LogP contribution in [0.4, 0.5) is 11.6 Å². The second-order valence-electron chi connectivity index (χ2n) is 4.25. The molecule has 0 fully saturated rings. The minimum Gasteiger partial charge on any atom is -0.497 e. The highest BCUT2D eigenvalue weighted by molar-refractivity contribution is 5.44. The molecule has 0 spiro atoms. The third kappa shape index (κ3) is 3.84. The molecule has 0 unspecified atom stereocenters. The fourth-order valence-corrected chi connectivity index (χ4v) is 1.81. The molecule has 100 valence electrons. The zero-order valence-electron chi connectivity index (χ0n) is 11.2. The van der Waals surface area contributed by atoms with Gasteiger partial charge in [0.15, 0.2) is 0 Å². The second-order valence-corrected chi connectivity index (χ2v) is 4.25. The quantitative estimate of drug-likeness (QED) is 0.858. The first-order chi connectivity index (χ1) is 9.17. The summed E-state index contributed by atoms with van der Waals surface area (Å²) in [6, 6.07) is 9.77. The molecule has 2 rings (SSSR count). The van der Waals surface area contributed by atoms with Crippen LogP contribution in [0, 0.1) is 6.92 Å². The Morgan fingerprint density at radius 1 is 1.21 bits per heavy atom. The first kappa shape index (κ1) is 13.1. The van der Waals surface area contributed by atoms with Crippen molar-refractivity contribution in [3.8, 4) is 5.75 Å². The van der Waals surface area contributed by atoms with Crippen molar-refractivity contribution in [1.29, 1.82) is 0 Å². The fraction of sp³-hybridized carbons (Fsp3) is 0.286. The summed E-state index contributed by atoms with van der Waals surface area (Å²) in [5.74, 6) is 2.79. The van der Waals surface area contributed by atoms with Crippen molar-refractivity contribution in [2.75, 3.05) is 24.7 Å². The molecule has 1 aromatic carbocycles. The summed E-state index contributed by atoms with van der Waals surface area (Å²) >= 11 is 0. The van der Waals surface area contributed by atoms with Crippen molar-refractivity contribution >= 4 is 11.6 Å². The standard InChI is InChI=1S/C14H18N4O/c1-10-17-13(15)9-14(18-10)16-8-7-11-3-5-12(19-2)6-4-11/h3-6,9H,7-8H2,1-2H3,(H3,15,16,17,18). The van der Waals surface area contributed by atoms with Gasteiger partial charge < -0.3 is 15.8 Å². The van der Waals surface area contributed by atoms with Crippen LogP contribution in [0.3, 0.4) is 0 Å². The van der Waals surface area contributed by atoms with E-state index in [1.807, 2.05) is 19.1 Å². The molecule has 19 heavy (non-hydrogen) atoms. The van der Waals surface area contributed by atoms with Gasteiger partial charge in [0.1, 0.15) is 23.2 Å². The predicted molar refractivity (Wildman–Crippen MR) is 76.4 cm³/mol. The minimum absolute atomic E-state index is 0.486. The van der Waals surface area contributed by atoms with Gasteiger partial charge in [-0.15, -0.1) is 0 Å². The molecule has 5 heteroatoms. The highest BCUT2D eigenvalue weighted by Gasteiger charge is 1.99. The molecule has 0 radical (unpaired) electrons. The molecule has 0 aliphatic carbocycles. The number of nitrogens with one attached hydrogen (secondary N) is 1. The van der Waals surface area contributed by atoms with Crippen LogP contribution in [-0.2, 0) is 6.42 Å². The maximum atomic E-state index is 5.67. The first-order valence-electron chi connectivity index (χ1n) is 6.15. The molecular formula is C14H18N4O. The van der Waals surface area contributed by atoms with E-state index in [1.165, 1.54) is 5.56 Å². The summed E-state index contributed by atoms with van der Waals surface area (Å²) in [6.07, 6.45) is 0.910. The summed E-state index contributed by atoms with van der Waals surface area (Å²) in [6.45, 7) is 2.62. The normalized spacial score (nSPS) is 10.2. The number of nitrogen functional groups attached to an aromatic ring is 1. The Bertz CT molecular complexity index is 519. The number of ether oxygens (including phenoxy) is 1. The molecule has 0 bridgehead atoms. The Labute approximate surface area is 112 Å². The Hall–Kier alpha value is -2.30. The van der Waals surface area contributed by atoms with Crippen LogP contribution in [0.5, 0.6) is 5.75 Å². The van der Waals surface area contributed by atoms with E-state index in [-0.39, 0.29) is 0 Å². The summed E-state index contributed by atoms with van der Waals surface area (Å²) < 4.78 is 5.12. The van der Waals surface area contributed by atoms with Crippen LogP contribution < -0.4 is 15.8 Å². The van der Waals surface area contributed by atoms with Gasteiger partial charge in [-0.1, -0.05) is 12.1 Å². The minimum atomic E-state index is 0.486. The Balaban J connectivity index is 1.88. The third-order valence-corrected chi connectivity index (χ3v) is 2.74. The van der Waals surface area contributed by atoms with Crippen molar-refractivity contribution in [3.63, 3.8) is 0 Å². The van der Waals surface area contributed by atoms with E-state index in [4.69, 9.17) is 10.5 Å². The lowest BCUT2D eigenvalue weighted by Gasteiger charge is -2.07. The number of hydrogen-bond donors (Lipinski definition) is 2. The van der Waals surface area contributed by atoms with Gasteiger partial charge in [0.2, 0.25) is 0 Å². The summed E-state index contributed by atoms with van der Waals surface area (Å²) in [5, 5.41) is 3.24. The first-order valence-corrected chi connectivity index (χ1v) is 6.15. The largest absolute Gasteiger partial charge is 0.497 e. The molecule has 1 aromatic heterocycles. The van der Waals surface area contributed by atoms with Crippen LogP contribution >= 0.6 is 0 Å². The maximum Gasteiger partial charge on any atom is 0.131 e. The lowest BCUT2D eigenvalue weighted by molar-refractivity contribution is 0.414. The van der Waals surface area contributed by atoms with Gasteiger partial charge in [-0.3, -0.25) is 0 Å². The molecule has 1 heterocycles. The van der Waals surface area contributed by atoms with Crippen LogP contribution in [-0.4, -0.2) is 23.6 Å². The lowest BCUT2D eigenvalue weighted by Crippen LogP contribution is -2.08. The van der Waals surface area contributed by atoms with Gasteiger partial charge in [0, 0.05) is 12.6 Å². The van der Waals surface area contributed by atoms with Crippen molar-refractivity contribution in [3.05, 3.63) is 41.7 Å². The molecular weight excluding hydrogens is 240 g/mol. The van der Waals surface area contributed by atoms with Gasteiger partial charge in [-0.2, -0.15) is 0 Å². The van der Waals surface area contributed by atoms with Crippen LogP contribution in [0.1, 0.15) is 11.4 Å². The van der Waals surface area contributed by atoms with Crippen molar-refractivity contribution in [2.24, 2.45) is 0 Å². The fourth-order valence-electron chi connectivity index (χ4n) is 1.81. The number of aromatic nitrogens is 2. The molecule has 3 N–H and O–H groups in total. The van der Waals surface area contributed by atoms with E-state index in [2.05, 4.69) is 27.4 Å². The maximum absolute atomic E-state index is 5.67. The Kier molecular flexibility index (Phi) is 4.18. The summed E-state index contributed by atoms with van der Waals surface area (Å²) in [4.78, 5) is 8.30. The topological polar surface area (TPSA) is 73.1 Å². The molecule has 0 aliphatic rings. The summed E-state index contributed by atoms with van der Waals surface area (Å²) in [7, 11) is 1.67. The highest BCUT2D eigenvalue weighted by Crippen LogP contribution is 2.12. The van der Waals surface area contributed by atoms with Gasteiger partial charge in [0.05, 0.1) is 7.11 Å². The smallest absolute Gasteiger partial charge is 0.131 e. The van der Waals surface area contributed by atoms with E-state index in [1.54, 1.807) is 13.2 Å². The lowest BCUT2D eigenvalue weighted by atomic mass is 10.1. The van der Waals surface area contributed by atoms with Crippen LogP contribution in [0.2, 0.25) is 0 Å². The average molecular weight is 258 g/mol. The van der Waals surface area contributed by atoms with E-state index in [0.717, 1.165) is 24.5 Å². The molecule has 0 amide bonds. The van der Waals surface area contributed by atoms with Gasteiger partial charge in [0.25, 0.3) is 0 Å².